The Bertz CT molecular complexity index is 982. The summed E-state index contributed by atoms with van der Waals surface area (Å²) in [5.41, 5.74) is 0.289. The summed E-state index contributed by atoms with van der Waals surface area (Å²) in [5.74, 6) is 0.524. The molecule has 1 N–H and O–H groups in total. The van der Waals surface area contributed by atoms with E-state index in [9.17, 15) is 9.59 Å². The van der Waals surface area contributed by atoms with Crippen molar-refractivity contribution in [3.05, 3.63) is 11.8 Å². The molecule has 7 rings (SSSR count). The summed E-state index contributed by atoms with van der Waals surface area (Å²) < 4.78 is 28.4. The average molecular weight is 559 g/mol. The molecule has 222 valence electrons. The van der Waals surface area contributed by atoms with Gasteiger partial charge in [0.05, 0.1) is 49.1 Å². The molecule has 6 fully saturated rings. The molecule has 9 heteroatoms. The predicted octanol–water partition coefficient (Wildman–Crippen LogP) is 2.52. The maximum absolute atomic E-state index is 16.0. The van der Waals surface area contributed by atoms with Crippen molar-refractivity contribution in [3.8, 4) is 0 Å². The molecule has 0 spiro atoms. The minimum atomic E-state index is -1.18. The van der Waals surface area contributed by atoms with Gasteiger partial charge in [-0.05, 0) is 63.5 Å². The average Bonchev–Trinajstić information content (AvgIpc) is 3.52. The smallest absolute Gasteiger partial charge is 0.258 e. The fourth-order valence-corrected chi connectivity index (χ4v) is 9.17. The molecule has 7 aliphatic rings. The van der Waals surface area contributed by atoms with Gasteiger partial charge in [0.1, 0.15) is 6.17 Å². The minimum absolute atomic E-state index is 0.0248. The molecule has 4 aliphatic heterocycles. The molecule has 40 heavy (non-hydrogen) atoms. The number of Topliss-reactive ketones (excluding diaryl/α,β-unsaturated/α-hetero) is 1. The van der Waals surface area contributed by atoms with Gasteiger partial charge in [-0.25, -0.2) is 4.39 Å². The maximum atomic E-state index is 16.0. The number of alkyl halides is 1. The van der Waals surface area contributed by atoms with Gasteiger partial charge >= 0.3 is 0 Å². The monoisotopic (exact) mass is 558 g/mol. The SMILES string of the molecule is O=C1C(C(=O)N2CCCC2)=CN2C3CC4CCCCC4CC3OC3C(NCCCN4CCOCC4)C(F)CC1C32. The van der Waals surface area contributed by atoms with Crippen LogP contribution >= 0.6 is 0 Å². The van der Waals surface area contributed by atoms with Crippen LogP contribution in [0.25, 0.3) is 0 Å². The van der Waals surface area contributed by atoms with Crippen molar-refractivity contribution in [1.82, 2.24) is 20.0 Å². The fraction of sp³-hybridized carbons (Fsp3) is 0.871. The van der Waals surface area contributed by atoms with Gasteiger partial charge < -0.3 is 24.6 Å². The quantitative estimate of drug-likeness (QED) is 0.397. The highest BCUT2D eigenvalue weighted by molar-refractivity contribution is 6.20. The summed E-state index contributed by atoms with van der Waals surface area (Å²) >= 11 is 0. The molecule has 3 saturated heterocycles. The number of nitrogens with one attached hydrogen (secondary N) is 1. The third-order valence-corrected chi connectivity index (χ3v) is 11.2. The van der Waals surface area contributed by atoms with Crippen LogP contribution in [0, 0.1) is 17.8 Å². The number of carbonyl (C=O) groups excluding carboxylic acids is 2. The van der Waals surface area contributed by atoms with Crippen LogP contribution in [0.15, 0.2) is 11.8 Å². The molecule has 8 nitrogen and oxygen atoms in total. The number of rotatable bonds is 6. The zero-order chi connectivity index (χ0) is 27.2. The van der Waals surface area contributed by atoms with E-state index in [1.54, 1.807) is 0 Å². The molecule has 0 radical (unpaired) electrons. The van der Waals surface area contributed by atoms with Crippen LogP contribution in [-0.2, 0) is 19.1 Å². The van der Waals surface area contributed by atoms with Crippen molar-refractivity contribution in [2.45, 2.75) is 101 Å². The van der Waals surface area contributed by atoms with Crippen LogP contribution < -0.4 is 5.32 Å². The molecule has 4 heterocycles. The number of morpholine rings is 2. The summed E-state index contributed by atoms with van der Waals surface area (Å²) in [7, 11) is 0. The first-order valence-electron chi connectivity index (χ1n) is 16.2. The third-order valence-electron chi connectivity index (χ3n) is 11.2. The Balaban J connectivity index is 1.14. The lowest BCUT2D eigenvalue weighted by Gasteiger charge is -2.61. The number of hydrogen-bond acceptors (Lipinski definition) is 7. The van der Waals surface area contributed by atoms with Gasteiger partial charge in [0, 0.05) is 38.3 Å². The Morgan fingerprint density at radius 3 is 2.52 bits per heavy atom. The Hall–Kier alpha value is -1.55. The zero-order valence-electron chi connectivity index (χ0n) is 23.9. The van der Waals surface area contributed by atoms with E-state index < -0.39 is 18.1 Å². The number of nitrogens with zero attached hydrogens (tertiary/aromatic N) is 3. The number of amides is 1. The van der Waals surface area contributed by atoms with Crippen molar-refractivity contribution in [1.29, 1.82) is 0 Å². The van der Waals surface area contributed by atoms with Crippen molar-refractivity contribution < 1.29 is 23.5 Å². The van der Waals surface area contributed by atoms with Gasteiger partial charge in [-0.15, -0.1) is 0 Å². The number of likely N-dealkylation sites (tertiary alicyclic amines) is 1. The van der Waals surface area contributed by atoms with Crippen LogP contribution in [0.2, 0.25) is 0 Å². The largest absolute Gasteiger partial charge is 0.379 e. The van der Waals surface area contributed by atoms with Crippen molar-refractivity contribution in [2.24, 2.45) is 17.8 Å². The van der Waals surface area contributed by atoms with Crippen LogP contribution in [0.5, 0.6) is 0 Å². The zero-order valence-corrected chi connectivity index (χ0v) is 23.9. The summed E-state index contributed by atoms with van der Waals surface area (Å²) in [5, 5.41) is 3.55. The molecule has 3 saturated carbocycles. The molecule has 0 bridgehead atoms. The standard InChI is InChI=1S/C31H47FN4O4/c32-24-18-22-28-30(27(24)33-8-5-9-34-12-14-39-15-13-34)40-26-17-21-7-2-1-6-20(21)16-25(26)36(28)19-23(29(22)37)31(38)35-10-3-4-11-35/h19-22,24-28,30,33H,1-18H2. The lowest BCUT2D eigenvalue weighted by molar-refractivity contribution is -0.208. The lowest BCUT2D eigenvalue weighted by Crippen LogP contribution is -2.73. The summed E-state index contributed by atoms with van der Waals surface area (Å²) in [6, 6.07) is -0.473. The van der Waals surface area contributed by atoms with E-state index in [0.29, 0.717) is 24.9 Å². The van der Waals surface area contributed by atoms with E-state index >= 15 is 4.39 Å². The van der Waals surface area contributed by atoms with Gasteiger partial charge in [0.25, 0.3) is 5.91 Å². The second-order valence-electron chi connectivity index (χ2n) is 13.5. The van der Waals surface area contributed by atoms with Crippen molar-refractivity contribution >= 4 is 11.7 Å². The first kappa shape index (κ1) is 27.3. The van der Waals surface area contributed by atoms with Gasteiger partial charge in [-0.1, -0.05) is 25.7 Å². The summed E-state index contributed by atoms with van der Waals surface area (Å²) in [6.07, 6.45) is 10.6. The molecule has 0 aromatic heterocycles. The number of hydrogen-bond donors (Lipinski definition) is 1. The van der Waals surface area contributed by atoms with Crippen molar-refractivity contribution in [2.75, 3.05) is 52.5 Å². The molecular formula is C31H47FN4O4. The second-order valence-corrected chi connectivity index (χ2v) is 13.5. The Morgan fingerprint density at radius 1 is 1.00 bits per heavy atom. The molecule has 0 aromatic carbocycles. The first-order valence-corrected chi connectivity index (χ1v) is 16.2. The van der Waals surface area contributed by atoms with Crippen LogP contribution in [0.1, 0.15) is 64.2 Å². The second kappa shape index (κ2) is 11.6. The van der Waals surface area contributed by atoms with Crippen LogP contribution in [-0.4, -0.2) is 115 Å². The van der Waals surface area contributed by atoms with Gasteiger partial charge in [0.15, 0.2) is 5.78 Å². The molecular weight excluding hydrogens is 511 g/mol. The number of ketones is 1. The highest BCUT2D eigenvalue weighted by atomic mass is 19.1. The van der Waals surface area contributed by atoms with Crippen LogP contribution in [0.3, 0.4) is 0 Å². The van der Waals surface area contributed by atoms with Gasteiger partial charge in [0.2, 0.25) is 0 Å². The van der Waals surface area contributed by atoms with E-state index in [0.717, 1.165) is 71.5 Å². The predicted molar refractivity (Wildman–Crippen MR) is 148 cm³/mol. The first-order chi connectivity index (χ1) is 19.6. The molecule has 1 amide bonds. The Morgan fingerprint density at radius 2 is 1.75 bits per heavy atom. The van der Waals surface area contributed by atoms with Crippen molar-refractivity contribution in [3.63, 3.8) is 0 Å². The van der Waals surface area contributed by atoms with E-state index in [1.807, 2.05) is 11.1 Å². The number of ether oxygens (including phenoxy) is 2. The van der Waals surface area contributed by atoms with E-state index in [2.05, 4.69) is 15.1 Å². The topological polar surface area (TPSA) is 74.4 Å². The van der Waals surface area contributed by atoms with Crippen LogP contribution in [0.4, 0.5) is 4.39 Å². The third kappa shape index (κ3) is 5.03. The molecule has 0 aromatic rings. The van der Waals surface area contributed by atoms with E-state index in [4.69, 9.17) is 9.47 Å². The summed E-state index contributed by atoms with van der Waals surface area (Å²) in [6.45, 7) is 6.59. The Labute approximate surface area is 238 Å². The van der Waals surface area contributed by atoms with Gasteiger partial charge in [-0.2, -0.15) is 0 Å². The number of halogens is 1. The summed E-state index contributed by atoms with van der Waals surface area (Å²) in [4.78, 5) is 34.0. The fourth-order valence-electron chi connectivity index (χ4n) is 9.17. The normalized spacial score (nSPS) is 41.7. The van der Waals surface area contributed by atoms with E-state index in [1.165, 1.54) is 25.7 Å². The molecule has 9 atom stereocenters. The highest BCUT2D eigenvalue weighted by Gasteiger charge is 2.59. The molecule has 9 unspecified atom stereocenters. The number of fused-ring (bicyclic) bond motifs is 3. The van der Waals surface area contributed by atoms with E-state index in [-0.39, 0.29) is 48.0 Å². The maximum Gasteiger partial charge on any atom is 0.258 e. The highest BCUT2D eigenvalue weighted by Crippen LogP contribution is 2.50. The van der Waals surface area contributed by atoms with Gasteiger partial charge in [-0.3, -0.25) is 14.5 Å². The lowest BCUT2D eigenvalue weighted by atomic mass is 9.65. The minimum Gasteiger partial charge on any atom is -0.379 e. The number of carbonyl (C=O) groups is 2. The molecule has 3 aliphatic carbocycles. The Kier molecular flexibility index (Phi) is 7.93.